The molecule has 29 heavy (non-hydrogen) atoms. The van der Waals surface area contributed by atoms with E-state index in [9.17, 15) is 0 Å². The molecule has 4 aromatic rings. The fourth-order valence-electron chi connectivity index (χ4n) is 4.35. The van der Waals surface area contributed by atoms with Gasteiger partial charge < -0.3 is 0 Å². The summed E-state index contributed by atoms with van der Waals surface area (Å²) in [6.07, 6.45) is 0. The van der Waals surface area contributed by atoms with E-state index in [4.69, 9.17) is 0 Å². The molecular formula is C28H29P. The highest BCUT2D eigenvalue weighted by Crippen LogP contribution is 2.40. The largest absolute Gasteiger partial charge is 0.104 e. The molecule has 0 saturated carbocycles. The number of fused-ring (bicyclic) bond motifs is 1. The zero-order chi connectivity index (χ0) is 20.9. The average Bonchev–Trinajstić information content (AvgIpc) is 2.71. The molecular weight excluding hydrogens is 367 g/mol. The number of rotatable bonds is 2. The average molecular weight is 397 g/mol. The van der Waals surface area contributed by atoms with Gasteiger partial charge in [0.15, 0.2) is 0 Å². The summed E-state index contributed by atoms with van der Waals surface area (Å²) in [4.78, 5) is 0. The third-order valence-corrected chi connectivity index (χ3v) is 7.36. The van der Waals surface area contributed by atoms with Crippen LogP contribution in [0.3, 0.4) is 0 Å². The van der Waals surface area contributed by atoms with E-state index in [1.807, 2.05) is 0 Å². The normalized spacial score (nSPS) is 11.3. The van der Waals surface area contributed by atoms with Crippen LogP contribution in [0.1, 0.15) is 33.4 Å². The second-order valence-corrected chi connectivity index (χ2v) is 8.87. The molecule has 0 heterocycles. The summed E-state index contributed by atoms with van der Waals surface area (Å²) in [6.45, 7) is 13.4. The molecule has 0 aromatic heterocycles. The minimum absolute atomic E-state index is 1.28. The van der Waals surface area contributed by atoms with Crippen molar-refractivity contribution in [3.8, 4) is 22.3 Å². The van der Waals surface area contributed by atoms with Crippen molar-refractivity contribution in [2.75, 3.05) is 0 Å². The summed E-state index contributed by atoms with van der Waals surface area (Å²) in [5.41, 5.74) is 13.5. The number of hydrogen-bond acceptors (Lipinski definition) is 0. The molecule has 0 N–H and O–H groups in total. The van der Waals surface area contributed by atoms with Crippen LogP contribution in [0.5, 0.6) is 0 Å². The van der Waals surface area contributed by atoms with Crippen LogP contribution in [0.15, 0.2) is 54.6 Å². The van der Waals surface area contributed by atoms with Crippen molar-refractivity contribution in [1.29, 1.82) is 0 Å². The predicted octanol–water partition coefficient (Wildman–Crippen LogP) is 7.52. The first-order chi connectivity index (χ1) is 13.8. The highest BCUT2D eigenvalue weighted by Gasteiger charge is 2.18. The van der Waals surface area contributed by atoms with Crippen molar-refractivity contribution in [3.63, 3.8) is 0 Å². The molecule has 0 saturated heterocycles. The second-order valence-electron chi connectivity index (χ2n) is 8.29. The predicted molar refractivity (Wildman–Crippen MR) is 133 cm³/mol. The maximum Gasteiger partial charge on any atom is -0.00244 e. The van der Waals surface area contributed by atoms with Gasteiger partial charge in [-0.2, -0.15) is 0 Å². The molecule has 0 aliphatic heterocycles. The molecule has 0 spiro atoms. The van der Waals surface area contributed by atoms with Crippen LogP contribution in [0, 0.1) is 41.5 Å². The lowest BCUT2D eigenvalue weighted by atomic mass is 9.85. The molecule has 4 aromatic carbocycles. The Morgan fingerprint density at radius 3 is 1.76 bits per heavy atom. The van der Waals surface area contributed by atoms with Gasteiger partial charge in [-0.15, -0.1) is 9.24 Å². The Morgan fingerprint density at radius 2 is 1.10 bits per heavy atom. The lowest BCUT2D eigenvalue weighted by Gasteiger charge is -2.21. The fourth-order valence-corrected chi connectivity index (χ4v) is 4.93. The molecule has 1 heteroatoms. The molecule has 0 aliphatic carbocycles. The van der Waals surface area contributed by atoms with Gasteiger partial charge in [-0.25, -0.2) is 0 Å². The lowest BCUT2D eigenvalue weighted by molar-refractivity contribution is 1.26. The van der Waals surface area contributed by atoms with E-state index in [1.165, 1.54) is 71.7 Å². The summed E-state index contributed by atoms with van der Waals surface area (Å²) in [7, 11) is 3.05. The Balaban J connectivity index is 2.17. The van der Waals surface area contributed by atoms with Crippen molar-refractivity contribution in [2.24, 2.45) is 0 Å². The van der Waals surface area contributed by atoms with Gasteiger partial charge in [0.25, 0.3) is 0 Å². The topological polar surface area (TPSA) is 0 Å². The molecule has 0 nitrogen and oxygen atoms in total. The molecule has 0 amide bonds. The van der Waals surface area contributed by atoms with Crippen molar-refractivity contribution in [3.05, 3.63) is 88.0 Å². The molecule has 4 rings (SSSR count). The minimum atomic E-state index is 1.28. The Morgan fingerprint density at radius 1 is 0.552 bits per heavy atom. The second kappa shape index (κ2) is 7.43. The van der Waals surface area contributed by atoms with Gasteiger partial charge in [0.1, 0.15) is 0 Å². The minimum Gasteiger partial charge on any atom is -0.104 e. The van der Waals surface area contributed by atoms with E-state index in [-0.39, 0.29) is 0 Å². The number of benzene rings is 4. The summed E-state index contributed by atoms with van der Waals surface area (Å²) < 4.78 is 0. The van der Waals surface area contributed by atoms with Crippen LogP contribution in [-0.4, -0.2) is 0 Å². The van der Waals surface area contributed by atoms with Gasteiger partial charge in [-0.1, -0.05) is 48.5 Å². The molecule has 0 aliphatic rings. The lowest BCUT2D eigenvalue weighted by Crippen LogP contribution is -2.05. The van der Waals surface area contributed by atoms with E-state index in [2.05, 4.69) is 105 Å². The Hall–Kier alpha value is -2.43. The van der Waals surface area contributed by atoms with Gasteiger partial charge in [0, 0.05) is 0 Å². The highest BCUT2D eigenvalue weighted by molar-refractivity contribution is 7.29. The summed E-state index contributed by atoms with van der Waals surface area (Å²) in [6, 6.07) is 20.2. The Labute approximate surface area is 177 Å². The maximum absolute atomic E-state index is 3.05. The first kappa shape index (κ1) is 19.9. The van der Waals surface area contributed by atoms with Crippen LogP contribution in [0.4, 0.5) is 0 Å². The van der Waals surface area contributed by atoms with E-state index in [1.54, 1.807) is 0 Å². The number of hydrogen-bond donors (Lipinski definition) is 0. The first-order valence-corrected chi connectivity index (χ1v) is 10.8. The first-order valence-electron chi connectivity index (χ1n) is 10.3. The van der Waals surface area contributed by atoms with E-state index >= 15 is 0 Å². The van der Waals surface area contributed by atoms with Crippen LogP contribution in [0.2, 0.25) is 0 Å². The molecule has 1 unspecified atom stereocenters. The zero-order valence-corrected chi connectivity index (χ0v) is 19.4. The molecule has 1 atom stereocenters. The summed E-state index contributed by atoms with van der Waals surface area (Å²) in [5.74, 6) is 0. The van der Waals surface area contributed by atoms with Crippen LogP contribution in [0.25, 0.3) is 33.0 Å². The number of aryl methyl sites for hydroxylation is 2. The van der Waals surface area contributed by atoms with Gasteiger partial charge in [-0.05, 0) is 119 Å². The van der Waals surface area contributed by atoms with Crippen molar-refractivity contribution in [1.82, 2.24) is 0 Å². The monoisotopic (exact) mass is 396 g/mol. The van der Waals surface area contributed by atoms with Crippen LogP contribution < -0.4 is 5.30 Å². The smallest absolute Gasteiger partial charge is 0.00244 e. The third kappa shape index (κ3) is 3.21. The summed E-state index contributed by atoms with van der Waals surface area (Å²) >= 11 is 0. The molecule has 0 fully saturated rings. The Kier molecular flexibility index (Phi) is 5.09. The van der Waals surface area contributed by atoms with E-state index < -0.39 is 0 Å². The van der Waals surface area contributed by atoms with Crippen LogP contribution >= 0.6 is 9.24 Å². The van der Waals surface area contributed by atoms with Gasteiger partial charge in [-0.3, -0.25) is 0 Å². The summed E-state index contributed by atoms with van der Waals surface area (Å²) in [5, 5.41) is 3.87. The molecule has 146 valence electrons. The Bertz CT molecular complexity index is 1260. The third-order valence-electron chi connectivity index (χ3n) is 6.77. The van der Waals surface area contributed by atoms with Crippen molar-refractivity contribution < 1.29 is 0 Å². The van der Waals surface area contributed by atoms with Gasteiger partial charge in [0.05, 0.1) is 0 Å². The zero-order valence-electron chi connectivity index (χ0n) is 18.3. The molecule has 0 bridgehead atoms. The standard InChI is InChI=1S/C28H29P/c1-16-11-13-23(20(5)18(16)3)26-15-22-9-7-8-10-25(22)28(29)27(26)24-14-12-17(2)19(4)21(24)6/h7-15H,29H2,1-6H3. The van der Waals surface area contributed by atoms with Gasteiger partial charge >= 0.3 is 0 Å². The van der Waals surface area contributed by atoms with Crippen molar-refractivity contribution >= 4 is 25.3 Å². The van der Waals surface area contributed by atoms with E-state index in [0.717, 1.165) is 0 Å². The molecule has 0 radical (unpaired) electrons. The maximum atomic E-state index is 3.05. The van der Waals surface area contributed by atoms with Crippen LogP contribution in [-0.2, 0) is 0 Å². The van der Waals surface area contributed by atoms with E-state index in [0.29, 0.717) is 0 Å². The quantitative estimate of drug-likeness (QED) is 0.307. The highest BCUT2D eigenvalue weighted by atomic mass is 31.0. The fraction of sp³-hybridized carbons (Fsp3) is 0.214. The SMILES string of the molecule is Cc1ccc(-c2cc3ccccc3c(P)c2-c2ccc(C)c(C)c2C)c(C)c1C. The van der Waals surface area contributed by atoms with Gasteiger partial charge in [0.2, 0.25) is 0 Å². The van der Waals surface area contributed by atoms with Crippen molar-refractivity contribution in [2.45, 2.75) is 41.5 Å².